The summed E-state index contributed by atoms with van der Waals surface area (Å²) in [6, 6.07) is 0. The molecule has 3 fully saturated rings. The number of rotatable bonds is 0. The first-order valence-electron chi connectivity index (χ1n) is 6.26. The molecule has 2 saturated carbocycles. The van der Waals surface area contributed by atoms with Crippen molar-refractivity contribution in [2.24, 2.45) is 5.41 Å². The molecule has 1 unspecified atom stereocenters. The van der Waals surface area contributed by atoms with Crippen molar-refractivity contribution in [1.82, 2.24) is 5.32 Å². The molecular formula is C12H21NS. The molecule has 3 aliphatic rings. The molecule has 0 aromatic heterocycles. The molecule has 0 radical (unpaired) electrons. The highest BCUT2D eigenvalue weighted by molar-refractivity contribution is 8.00. The Bertz CT molecular complexity index is 190. The van der Waals surface area contributed by atoms with Crippen molar-refractivity contribution >= 4 is 11.8 Å². The van der Waals surface area contributed by atoms with Crippen molar-refractivity contribution in [1.29, 1.82) is 0 Å². The Hall–Kier alpha value is 0.310. The van der Waals surface area contributed by atoms with Gasteiger partial charge in [-0.1, -0.05) is 25.7 Å². The lowest BCUT2D eigenvalue weighted by Crippen LogP contribution is -2.53. The molecular weight excluding hydrogens is 190 g/mol. The van der Waals surface area contributed by atoms with Gasteiger partial charge in [-0.05, 0) is 31.1 Å². The summed E-state index contributed by atoms with van der Waals surface area (Å²) >= 11 is 2.25. The largest absolute Gasteiger partial charge is 0.302 e. The second-order valence-electron chi connectivity index (χ2n) is 5.30. The SMILES string of the molecule is C1CCC2(C1)CCCCC21NCCS1. The maximum absolute atomic E-state index is 3.87. The summed E-state index contributed by atoms with van der Waals surface area (Å²) in [6.07, 6.45) is 11.9. The fraction of sp³-hybridized carbons (Fsp3) is 1.00. The molecule has 2 aliphatic carbocycles. The van der Waals surface area contributed by atoms with Gasteiger partial charge < -0.3 is 5.32 Å². The van der Waals surface area contributed by atoms with Crippen molar-refractivity contribution in [2.45, 2.75) is 56.2 Å². The van der Waals surface area contributed by atoms with Gasteiger partial charge in [-0.25, -0.2) is 0 Å². The Balaban J connectivity index is 1.91. The van der Waals surface area contributed by atoms with E-state index < -0.39 is 0 Å². The van der Waals surface area contributed by atoms with Gasteiger partial charge >= 0.3 is 0 Å². The van der Waals surface area contributed by atoms with E-state index in [1.807, 2.05) is 0 Å². The van der Waals surface area contributed by atoms with E-state index >= 15 is 0 Å². The van der Waals surface area contributed by atoms with Crippen LogP contribution in [-0.4, -0.2) is 17.2 Å². The average molecular weight is 211 g/mol. The van der Waals surface area contributed by atoms with Crippen LogP contribution in [0.5, 0.6) is 0 Å². The van der Waals surface area contributed by atoms with E-state index in [0.29, 0.717) is 10.3 Å². The smallest absolute Gasteiger partial charge is 0.0702 e. The lowest BCUT2D eigenvalue weighted by atomic mass is 9.68. The fourth-order valence-corrected chi connectivity index (χ4v) is 5.70. The Kier molecular flexibility index (Phi) is 2.32. The van der Waals surface area contributed by atoms with Crippen LogP contribution in [-0.2, 0) is 0 Å². The average Bonchev–Trinajstić information content (AvgIpc) is 2.81. The minimum absolute atomic E-state index is 0.516. The Morgan fingerprint density at radius 3 is 2.07 bits per heavy atom. The van der Waals surface area contributed by atoms with Crippen molar-refractivity contribution in [3.8, 4) is 0 Å². The summed E-state index contributed by atoms with van der Waals surface area (Å²) in [7, 11) is 0. The second kappa shape index (κ2) is 3.41. The van der Waals surface area contributed by atoms with Gasteiger partial charge in [0.05, 0.1) is 4.87 Å². The van der Waals surface area contributed by atoms with Crippen LogP contribution in [0.4, 0.5) is 0 Å². The van der Waals surface area contributed by atoms with E-state index in [2.05, 4.69) is 17.1 Å². The van der Waals surface area contributed by atoms with Gasteiger partial charge in [0, 0.05) is 12.3 Å². The fourth-order valence-electron chi connectivity index (χ4n) is 4.04. The molecule has 0 bridgehead atoms. The highest BCUT2D eigenvalue weighted by Crippen LogP contribution is 2.60. The maximum atomic E-state index is 3.87. The van der Waals surface area contributed by atoms with Crippen LogP contribution in [0.2, 0.25) is 0 Å². The molecule has 14 heavy (non-hydrogen) atoms. The van der Waals surface area contributed by atoms with Gasteiger partial charge in [0.2, 0.25) is 0 Å². The lowest BCUT2D eigenvalue weighted by molar-refractivity contribution is 0.112. The number of thioether (sulfide) groups is 1. The van der Waals surface area contributed by atoms with Gasteiger partial charge in [0.25, 0.3) is 0 Å². The number of hydrogen-bond donors (Lipinski definition) is 1. The van der Waals surface area contributed by atoms with Gasteiger partial charge in [-0.2, -0.15) is 0 Å². The third kappa shape index (κ3) is 1.19. The first kappa shape index (κ1) is 9.53. The zero-order valence-electron chi connectivity index (χ0n) is 8.98. The molecule has 1 heterocycles. The summed E-state index contributed by atoms with van der Waals surface area (Å²) in [5.74, 6) is 1.35. The number of hydrogen-bond acceptors (Lipinski definition) is 2. The van der Waals surface area contributed by atoms with Crippen LogP contribution in [0.25, 0.3) is 0 Å². The predicted octanol–water partition coefficient (Wildman–Crippen LogP) is 3.15. The quantitative estimate of drug-likeness (QED) is 0.660. The Labute approximate surface area is 91.4 Å². The molecule has 0 amide bonds. The molecule has 80 valence electrons. The number of fused-ring (bicyclic) bond motifs is 1. The maximum Gasteiger partial charge on any atom is 0.0702 e. The van der Waals surface area contributed by atoms with E-state index in [0.717, 1.165) is 0 Å². The van der Waals surface area contributed by atoms with Crippen LogP contribution in [0.15, 0.2) is 0 Å². The van der Waals surface area contributed by atoms with Crippen LogP contribution < -0.4 is 5.32 Å². The van der Waals surface area contributed by atoms with E-state index in [-0.39, 0.29) is 0 Å². The zero-order valence-corrected chi connectivity index (χ0v) is 9.80. The molecule has 0 aromatic rings. The molecule has 2 spiro atoms. The minimum atomic E-state index is 0.516. The van der Waals surface area contributed by atoms with Gasteiger partial charge in [0.1, 0.15) is 0 Å². The molecule has 1 atom stereocenters. The van der Waals surface area contributed by atoms with Gasteiger partial charge in [-0.15, -0.1) is 11.8 Å². The molecule has 3 rings (SSSR count). The third-order valence-electron chi connectivity index (χ3n) is 4.71. The molecule has 2 heteroatoms. The van der Waals surface area contributed by atoms with Crippen molar-refractivity contribution in [3.05, 3.63) is 0 Å². The zero-order chi connectivity index (χ0) is 9.49. The lowest BCUT2D eigenvalue weighted by Gasteiger charge is -2.50. The first-order chi connectivity index (χ1) is 6.87. The Morgan fingerprint density at radius 2 is 1.50 bits per heavy atom. The van der Waals surface area contributed by atoms with Gasteiger partial charge in [0.15, 0.2) is 0 Å². The highest BCUT2D eigenvalue weighted by Gasteiger charge is 2.55. The second-order valence-corrected chi connectivity index (χ2v) is 6.69. The van der Waals surface area contributed by atoms with Crippen molar-refractivity contribution in [2.75, 3.05) is 12.3 Å². The van der Waals surface area contributed by atoms with Crippen molar-refractivity contribution < 1.29 is 0 Å². The summed E-state index contributed by atoms with van der Waals surface area (Å²) in [5, 5.41) is 3.87. The van der Waals surface area contributed by atoms with Crippen molar-refractivity contribution in [3.63, 3.8) is 0 Å². The standard InChI is InChI=1S/C12H21NS/c1-2-6-11(5-1)7-3-4-8-12(11)13-9-10-14-12/h13H,1-10H2. The van der Waals surface area contributed by atoms with E-state index in [4.69, 9.17) is 0 Å². The van der Waals surface area contributed by atoms with E-state index in [1.165, 1.54) is 63.7 Å². The van der Waals surface area contributed by atoms with E-state index in [9.17, 15) is 0 Å². The topological polar surface area (TPSA) is 12.0 Å². The molecule has 1 N–H and O–H groups in total. The number of nitrogens with one attached hydrogen (secondary N) is 1. The van der Waals surface area contributed by atoms with Crippen LogP contribution >= 0.6 is 11.8 Å². The van der Waals surface area contributed by atoms with Gasteiger partial charge in [-0.3, -0.25) is 0 Å². The van der Waals surface area contributed by atoms with E-state index in [1.54, 1.807) is 0 Å². The highest BCUT2D eigenvalue weighted by atomic mass is 32.2. The monoisotopic (exact) mass is 211 g/mol. The van der Waals surface area contributed by atoms with Crippen LogP contribution in [0.1, 0.15) is 51.4 Å². The van der Waals surface area contributed by atoms with Crippen LogP contribution in [0.3, 0.4) is 0 Å². The molecule has 0 aromatic carbocycles. The van der Waals surface area contributed by atoms with Crippen LogP contribution in [0, 0.1) is 5.41 Å². The first-order valence-corrected chi connectivity index (χ1v) is 7.25. The summed E-state index contributed by atoms with van der Waals surface area (Å²) in [6.45, 7) is 1.26. The summed E-state index contributed by atoms with van der Waals surface area (Å²) in [4.78, 5) is 0.516. The summed E-state index contributed by atoms with van der Waals surface area (Å²) in [5.41, 5.74) is 0.701. The summed E-state index contributed by atoms with van der Waals surface area (Å²) < 4.78 is 0. The predicted molar refractivity (Wildman–Crippen MR) is 62.6 cm³/mol. The Morgan fingerprint density at radius 1 is 0.857 bits per heavy atom. The molecule has 1 aliphatic heterocycles. The molecule has 1 nitrogen and oxygen atoms in total. The normalized spacial score (nSPS) is 41.1. The minimum Gasteiger partial charge on any atom is -0.302 e. The third-order valence-corrected chi connectivity index (χ3v) is 6.40. The molecule has 1 saturated heterocycles.